The van der Waals surface area contributed by atoms with Crippen LogP contribution in [-0.4, -0.2) is 93.7 Å². The van der Waals surface area contributed by atoms with Gasteiger partial charge in [0.1, 0.15) is 11.6 Å². The van der Waals surface area contributed by atoms with Crippen LogP contribution in [0, 0.1) is 28.6 Å². The van der Waals surface area contributed by atoms with Gasteiger partial charge in [0, 0.05) is 31.2 Å². The Kier molecular flexibility index (Phi) is 8.17. The minimum atomic E-state index is -1.77. The van der Waals surface area contributed by atoms with Gasteiger partial charge in [-0.25, -0.2) is 4.79 Å². The first-order chi connectivity index (χ1) is 19.7. The minimum absolute atomic E-state index is 0.00254. The van der Waals surface area contributed by atoms with E-state index in [9.17, 15) is 39.3 Å². The van der Waals surface area contributed by atoms with Gasteiger partial charge in [-0.05, 0) is 67.8 Å². The van der Waals surface area contributed by atoms with E-state index in [2.05, 4.69) is 6.92 Å². The van der Waals surface area contributed by atoms with Gasteiger partial charge >= 0.3 is 11.9 Å². The number of Topliss-reactive ketones (excluding diaryl/α,β-unsaturated/α-hetero) is 1. The van der Waals surface area contributed by atoms with Gasteiger partial charge in [-0.2, -0.15) is 0 Å². The first kappa shape index (κ1) is 30.8. The first-order valence-electron chi connectivity index (χ1n) is 15.1. The van der Waals surface area contributed by atoms with E-state index in [-0.39, 0.29) is 67.6 Å². The van der Waals surface area contributed by atoms with Gasteiger partial charge in [0.15, 0.2) is 12.4 Å². The summed E-state index contributed by atoms with van der Waals surface area (Å²) in [7, 11) is 1.19. The summed E-state index contributed by atoms with van der Waals surface area (Å²) in [5, 5.41) is 33.2. The Balaban J connectivity index is 1.20. The Morgan fingerprint density at radius 3 is 2.52 bits per heavy atom. The van der Waals surface area contributed by atoms with Crippen LogP contribution in [0.4, 0.5) is 0 Å². The first-order valence-corrected chi connectivity index (χ1v) is 15.1. The van der Waals surface area contributed by atoms with E-state index >= 15 is 0 Å². The van der Waals surface area contributed by atoms with Gasteiger partial charge in [0.05, 0.1) is 25.7 Å². The molecule has 3 N–H and O–H groups in total. The lowest BCUT2D eigenvalue weighted by atomic mass is 9.45. The number of β-amino-alcohol motifs (C(OH)–C–C–N with tert-alkyl or cyclic N) is 1. The van der Waals surface area contributed by atoms with E-state index in [0.29, 0.717) is 19.3 Å². The summed E-state index contributed by atoms with van der Waals surface area (Å²) >= 11 is 0. The predicted molar refractivity (Wildman–Crippen MR) is 146 cm³/mol. The largest absolute Gasteiger partial charge is 0.467 e. The molecule has 1 heterocycles. The number of nitrogens with zero attached hydrogens (tertiary/aromatic N) is 1. The second kappa shape index (κ2) is 11.1. The van der Waals surface area contributed by atoms with Gasteiger partial charge < -0.3 is 29.7 Å². The third-order valence-electron chi connectivity index (χ3n) is 11.5. The van der Waals surface area contributed by atoms with Crippen molar-refractivity contribution in [2.45, 2.75) is 102 Å². The van der Waals surface area contributed by atoms with Crippen molar-refractivity contribution in [2.75, 3.05) is 20.3 Å². The van der Waals surface area contributed by atoms with Crippen molar-refractivity contribution >= 4 is 29.4 Å². The number of likely N-dealkylation sites (tertiary alicyclic amines) is 1. The molecule has 0 unspecified atom stereocenters. The molecule has 0 bridgehead atoms. The molecule has 11 nitrogen and oxygen atoms in total. The Bertz CT molecular complexity index is 1200. The second-order valence-corrected chi connectivity index (χ2v) is 13.5. The highest BCUT2D eigenvalue weighted by molar-refractivity contribution is 5.92. The lowest BCUT2D eigenvalue weighted by molar-refractivity contribution is -0.184. The standard InChI is InChI=1S/C31H43NO10/c1-29-10-8-18(33)12-17(29)4-5-20-21-9-11-31(40,30(21,2)14-23(35)27(20)29)24(36)16-42-26(38)7-6-25(37)32-15-19(34)13-22(32)28(39)41-3/h12,19-23,27,34-35,40H,4-11,13-16H2,1-3H3/t19-,20-,21+,22-,23-,27-,29-,30-,31-/m0/s1. The molecule has 0 aromatic carbocycles. The SMILES string of the molecule is COC(=O)[C@@H]1C[C@H](O)CN1C(=O)CCC(=O)OCC(=O)[C@@]1(O)CC[C@@H]2[C@@H]3CCC4=CC(=O)CC[C@]4(C)[C@@H]3[C@@H](O)C[C@@]21C. The molecule has 42 heavy (non-hydrogen) atoms. The van der Waals surface area contributed by atoms with Crippen LogP contribution < -0.4 is 0 Å². The molecule has 1 saturated heterocycles. The van der Waals surface area contributed by atoms with Crippen LogP contribution in [0.2, 0.25) is 0 Å². The number of carbonyl (C=O) groups excluding carboxylic acids is 5. The summed E-state index contributed by atoms with van der Waals surface area (Å²) in [4.78, 5) is 63.8. The number of aliphatic hydroxyl groups is 3. The number of ether oxygens (including phenoxy) is 2. The lowest BCUT2D eigenvalue weighted by Crippen LogP contribution is -2.62. The van der Waals surface area contributed by atoms with Crippen LogP contribution in [0.25, 0.3) is 0 Å². The minimum Gasteiger partial charge on any atom is -0.467 e. The molecule has 5 rings (SSSR count). The van der Waals surface area contributed by atoms with E-state index in [1.807, 2.05) is 6.92 Å². The monoisotopic (exact) mass is 589 g/mol. The molecule has 1 aliphatic heterocycles. The Morgan fingerprint density at radius 1 is 1.07 bits per heavy atom. The number of amides is 1. The van der Waals surface area contributed by atoms with Crippen molar-refractivity contribution in [2.24, 2.45) is 28.6 Å². The quantitative estimate of drug-likeness (QED) is 0.368. The Labute approximate surface area is 245 Å². The summed E-state index contributed by atoms with van der Waals surface area (Å²) in [6.45, 7) is 3.33. The number of allylic oxidation sites excluding steroid dienone is 1. The van der Waals surface area contributed by atoms with Crippen molar-refractivity contribution in [3.63, 3.8) is 0 Å². The summed E-state index contributed by atoms with van der Waals surface area (Å²) in [6.07, 6.45) is 3.39. The highest BCUT2D eigenvalue weighted by Gasteiger charge is 2.68. The number of hydrogen-bond acceptors (Lipinski definition) is 10. The smallest absolute Gasteiger partial charge is 0.328 e. The third kappa shape index (κ3) is 4.91. The van der Waals surface area contributed by atoms with E-state index < -0.39 is 59.5 Å². The van der Waals surface area contributed by atoms with Crippen molar-refractivity contribution in [1.29, 1.82) is 0 Å². The van der Waals surface area contributed by atoms with E-state index in [4.69, 9.17) is 9.47 Å². The Morgan fingerprint density at radius 2 is 1.81 bits per heavy atom. The molecule has 1 amide bonds. The Hall–Kier alpha value is -2.63. The van der Waals surface area contributed by atoms with Crippen LogP contribution in [-0.2, 0) is 33.4 Å². The van der Waals surface area contributed by atoms with E-state index in [1.54, 1.807) is 6.08 Å². The van der Waals surface area contributed by atoms with E-state index in [1.165, 1.54) is 12.0 Å². The highest BCUT2D eigenvalue weighted by Crippen LogP contribution is 2.67. The highest BCUT2D eigenvalue weighted by atomic mass is 16.5. The molecule has 11 heteroatoms. The molecule has 0 spiro atoms. The van der Waals surface area contributed by atoms with Crippen LogP contribution in [0.15, 0.2) is 11.6 Å². The molecule has 0 aromatic heterocycles. The molecule has 3 saturated carbocycles. The molecular weight excluding hydrogens is 546 g/mol. The maximum absolute atomic E-state index is 13.5. The number of ketones is 2. The number of fused-ring (bicyclic) bond motifs is 5. The van der Waals surface area contributed by atoms with Gasteiger partial charge in [-0.1, -0.05) is 19.4 Å². The fourth-order valence-electron chi connectivity index (χ4n) is 9.29. The molecule has 232 valence electrons. The van der Waals surface area contributed by atoms with Crippen LogP contribution in [0.5, 0.6) is 0 Å². The molecule has 4 fully saturated rings. The summed E-state index contributed by atoms with van der Waals surface area (Å²) in [5.41, 5.74) is -1.83. The molecule has 0 aromatic rings. The van der Waals surface area contributed by atoms with Gasteiger partial charge in [0.25, 0.3) is 0 Å². The number of esters is 2. The zero-order valence-corrected chi connectivity index (χ0v) is 24.7. The van der Waals surface area contributed by atoms with Gasteiger partial charge in [-0.3, -0.25) is 19.2 Å². The summed E-state index contributed by atoms with van der Waals surface area (Å²) in [5.74, 6) is -2.37. The topological polar surface area (TPSA) is 168 Å². The maximum Gasteiger partial charge on any atom is 0.328 e. The van der Waals surface area contributed by atoms with E-state index in [0.717, 1.165) is 18.4 Å². The number of hydrogen-bond donors (Lipinski definition) is 3. The lowest BCUT2D eigenvalue weighted by Gasteiger charge is -2.60. The van der Waals surface area contributed by atoms with Gasteiger partial charge in [-0.15, -0.1) is 0 Å². The second-order valence-electron chi connectivity index (χ2n) is 13.5. The average Bonchev–Trinajstić information content (AvgIpc) is 3.47. The van der Waals surface area contributed by atoms with Crippen LogP contribution in [0.3, 0.4) is 0 Å². The zero-order chi connectivity index (χ0) is 30.6. The van der Waals surface area contributed by atoms with Crippen molar-refractivity contribution < 1.29 is 48.8 Å². The average molecular weight is 590 g/mol. The zero-order valence-electron chi connectivity index (χ0n) is 24.7. The summed E-state index contributed by atoms with van der Waals surface area (Å²) in [6, 6.07) is -0.916. The van der Waals surface area contributed by atoms with Gasteiger partial charge in [0.2, 0.25) is 11.7 Å². The fourth-order valence-corrected chi connectivity index (χ4v) is 9.29. The normalized spacial score (nSPS) is 40.9. The molecule has 9 atom stereocenters. The maximum atomic E-state index is 13.5. The van der Waals surface area contributed by atoms with Crippen molar-refractivity contribution in [1.82, 2.24) is 4.90 Å². The number of aliphatic hydroxyl groups excluding tert-OH is 2. The molecular formula is C31H43NO10. The van der Waals surface area contributed by atoms with Crippen molar-refractivity contribution in [3.8, 4) is 0 Å². The molecule has 5 aliphatic rings. The van der Waals surface area contributed by atoms with Crippen LogP contribution >= 0.6 is 0 Å². The third-order valence-corrected chi connectivity index (χ3v) is 11.5. The van der Waals surface area contributed by atoms with Crippen LogP contribution in [0.1, 0.15) is 78.1 Å². The molecule has 0 radical (unpaired) electrons. The number of methoxy groups -OCH3 is 1. The number of rotatable bonds is 7. The fraction of sp³-hybridized carbons (Fsp3) is 0.774. The summed E-state index contributed by atoms with van der Waals surface area (Å²) < 4.78 is 9.90. The predicted octanol–water partition coefficient (Wildman–Crippen LogP) is 1.25. The molecule has 4 aliphatic carbocycles. The van der Waals surface area contributed by atoms with Crippen molar-refractivity contribution in [3.05, 3.63) is 11.6 Å². The number of carbonyl (C=O) groups is 5.